The van der Waals surface area contributed by atoms with Gasteiger partial charge in [-0.2, -0.15) is 0 Å². The highest BCUT2D eigenvalue weighted by Gasteiger charge is 2.20. The minimum atomic E-state index is -0.641. The normalized spacial score (nSPS) is 10.4. The molecule has 0 saturated carbocycles. The summed E-state index contributed by atoms with van der Waals surface area (Å²) in [5.74, 6) is 0.117. The van der Waals surface area contributed by atoms with E-state index in [1.165, 1.54) is 29.5 Å². The van der Waals surface area contributed by atoms with Gasteiger partial charge in [0.15, 0.2) is 0 Å². The van der Waals surface area contributed by atoms with Crippen molar-refractivity contribution in [2.24, 2.45) is 0 Å². The van der Waals surface area contributed by atoms with E-state index in [0.717, 1.165) is 16.3 Å². The van der Waals surface area contributed by atoms with Gasteiger partial charge in [0.2, 0.25) is 0 Å². The minimum absolute atomic E-state index is 0.0191. The van der Waals surface area contributed by atoms with Crippen LogP contribution in [0.5, 0.6) is 5.75 Å². The van der Waals surface area contributed by atoms with Crippen LogP contribution in [0.3, 0.4) is 0 Å². The number of anilines is 1. The Bertz CT molecular complexity index is 1030. The smallest absolute Gasteiger partial charge is 0.338 e. The Labute approximate surface area is 171 Å². The quantitative estimate of drug-likeness (QED) is 0.326. The van der Waals surface area contributed by atoms with Crippen LogP contribution in [0.1, 0.15) is 16.1 Å². The van der Waals surface area contributed by atoms with Crippen molar-refractivity contribution in [1.29, 1.82) is 0 Å². The largest absolute Gasteiger partial charge is 0.497 e. The average Bonchev–Trinajstić information content (AvgIpc) is 3.20. The molecule has 29 heavy (non-hydrogen) atoms. The molecule has 3 rings (SSSR count). The Hall–Kier alpha value is -3.46. The number of carbonyl (C=O) groups excluding carboxylic acids is 1. The molecule has 8 nitrogen and oxygen atoms in total. The van der Waals surface area contributed by atoms with Crippen LogP contribution in [-0.2, 0) is 11.3 Å². The number of hydrogen-bond donors (Lipinski definition) is 0. The number of nitro groups is 1. The van der Waals surface area contributed by atoms with Crippen molar-refractivity contribution >= 4 is 28.7 Å². The Kier molecular flexibility index (Phi) is 6.08. The third kappa shape index (κ3) is 4.69. The lowest BCUT2D eigenvalue weighted by Gasteiger charge is -2.13. The summed E-state index contributed by atoms with van der Waals surface area (Å²) < 4.78 is 10.4. The van der Waals surface area contributed by atoms with E-state index >= 15 is 0 Å². The second kappa shape index (κ2) is 8.70. The Morgan fingerprint density at radius 2 is 1.93 bits per heavy atom. The van der Waals surface area contributed by atoms with Gasteiger partial charge in [0.05, 0.1) is 23.3 Å². The first-order chi connectivity index (χ1) is 13.9. The van der Waals surface area contributed by atoms with Gasteiger partial charge in [0, 0.05) is 31.1 Å². The van der Waals surface area contributed by atoms with E-state index in [9.17, 15) is 14.9 Å². The highest BCUT2D eigenvalue weighted by molar-refractivity contribution is 7.13. The van der Waals surface area contributed by atoms with Gasteiger partial charge in [-0.15, -0.1) is 11.3 Å². The molecule has 0 spiro atoms. The van der Waals surface area contributed by atoms with Gasteiger partial charge in [0.25, 0.3) is 5.69 Å². The van der Waals surface area contributed by atoms with Gasteiger partial charge in [-0.1, -0.05) is 0 Å². The van der Waals surface area contributed by atoms with Crippen molar-refractivity contribution in [1.82, 2.24) is 4.98 Å². The zero-order chi connectivity index (χ0) is 21.0. The van der Waals surface area contributed by atoms with Crippen LogP contribution < -0.4 is 9.64 Å². The number of nitro benzene ring substituents is 1. The molecule has 1 aromatic heterocycles. The summed E-state index contributed by atoms with van der Waals surface area (Å²) in [5, 5.41) is 13.9. The minimum Gasteiger partial charge on any atom is -0.497 e. The Balaban J connectivity index is 1.69. The van der Waals surface area contributed by atoms with Gasteiger partial charge in [0.1, 0.15) is 23.1 Å². The summed E-state index contributed by atoms with van der Waals surface area (Å²) in [6, 6.07) is 11.8. The molecule has 3 aromatic rings. The topological polar surface area (TPSA) is 94.8 Å². The maximum absolute atomic E-state index is 12.3. The van der Waals surface area contributed by atoms with Crippen molar-refractivity contribution in [3.05, 3.63) is 69.2 Å². The van der Waals surface area contributed by atoms with E-state index in [2.05, 4.69) is 4.98 Å². The molecule has 0 saturated heterocycles. The van der Waals surface area contributed by atoms with E-state index in [-0.39, 0.29) is 17.9 Å². The molecule has 0 N–H and O–H groups in total. The van der Waals surface area contributed by atoms with Gasteiger partial charge in [-0.25, -0.2) is 9.78 Å². The molecule has 150 valence electrons. The molecule has 0 aliphatic heterocycles. The second-order valence-corrected chi connectivity index (χ2v) is 7.16. The van der Waals surface area contributed by atoms with Crippen molar-refractivity contribution in [2.45, 2.75) is 6.61 Å². The summed E-state index contributed by atoms with van der Waals surface area (Å²) in [7, 11) is 5.00. The number of esters is 1. The first kappa shape index (κ1) is 20.3. The third-order valence-corrected chi connectivity index (χ3v) is 5.07. The van der Waals surface area contributed by atoms with Crippen LogP contribution in [-0.4, -0.2) is 37.1 Å². The van der Waals surface area contributed by atoms with E-state index in [4.69, 9.17) is 9.47 Å². The Morgan fingerprint density at radius 3 is 2.55 bits per heavy atom. The molecule has 0 aliphatic carbocycles. The molecule has 9 heteroatoms. The molecule has 2 aromatic carbocycles. The van der Waals surface area contributed by atoms with Crippen LogP contribution in [0.4, 0.5) is 11.4 Å². The predicted octanol–water partition coefficient (Wildman–Crippen LogP) is 4.15. The van der Waals surface area contributed by atoms with Crippen molar-refractivity contribution in [3.63, 3.8) is 0 Å². The summed E-state index contributed by atoms with van der Waals surface area (Å²) in [6.45, 7) is -0.0191. The van der Waals surface area contributed by atoms with Gasteiger partial charge < -0.3 is 14.4 Å². The molecular weight excluding hydrogens is 394 g/mol. The number of nitrogens with zero attached hydrogens (tertiary/aromatic N) is 3. The Morgan fingerprint density at radius 1 is 1.21 bits per heavy atom. The first-order valence-electron chi connectivity index (χ1n) is 8.60. The zero-order valence-electron chi connectivity index (χ0n) is 16.1. The predicted molar refractivity (Wildman–Crippen MR) is 111 cm³/mol. The van der Waals surface area contributed by atoms with Gasteiger partial charge >= 0.3 is 5.97 Å². The number of methoxy groups -OCH3 is 1. The number of ether oxygens (including phenoxy) is 2. The van der Waals surface area contributed by atoms with Crippen LogP contribution in [0.15, 0.2) is 47.8 Å². The summed E-state index contributed by atoms with van der Waals surface area (Å²) in [6.07, 6.45) is 0. The van der Waals surface area contributed by atoms with Crippen LogP contribution in [0.25, 0.3) is 10.6 Å². The summed E-state index contributed by atoms with van der Waals surface area (Å²) in [5.41, 5.74) is 1.92. The van der Waals surface area contributed by atoms with E-state index in [0.29, 0.717) is 11.4 Å². The van der Waals surface area contributed by atoms with Gasteiger partial charge in [-0.3, -0.25) is 10.1 Å². The first-order valence-corrected chi connectivity index (χ1v) is 9.48. The maximum Gasteiger partial charge on any atom is 0.338 e. The SMILES string of the molecule is COc1ccc(-c2nc(COC(=O)c3ccc(N(C)C)c([N+](=O)[O-])c3)cs2)cc1. The van der Waals surface area contributed by atoms with Gasteiger partial charge in [-0.05, 0) is 36.4 Å². The fraction of sp³-hybridized carbons (Fsp3) is 0.200. The average molecular weight is 413 g/mol. The van der Waals surface area contributed by atoms with Crippen LogP contribution in [0.2, 0.25) is 0 Å². The third-order valence-electron chi connectivity index (χ3n) is 4.13. The number of hydrogen-bond acceptors (Lipinski definition) is 8. The number of rotatable bonds is 7. The lowest BCUT2D eigenvalue weighted by atomic mass is 10.1. The zero-order valence-corrected chi connectivity index (χ0v) is 16.9. The molecule has 0 unspecified atom stereocenters. The summed E-state index contributed by atoms with van der Waals surface area (Å²) in [4.78, 5) is 29.2. The molecule has 0 fully saturated rings. The van der Waals surface area contributed by atoms with Crippen molar-refractivity contribution < 1.29 is 19.2 Å². The molecule has 0 radical (unpaired) electrons. The number of aromatic nitrogens is 1. The summed E-state index contributed by atoms with van der Waals surface area (Å²) >= 11 is 1.44. The molecular formula is C20H19N3O5S. The number of carbonyl (C=O) groups is 1. The highest BCUT2D eigenvalue weighted by atomic mass is 32.1. The molecule has 0 bridgehead atoms. The second-order valence-electron chi connectivity index (χ2n) is 6.30. The maximum atomic E-state index is 12.3. The van der Waals surface area contributed by atoms with Crippen LogP contribution in [0, 0.1) is 10.1 Å². The molecule has 0 amide bonds. The highest BCUT2D eigenvalue weighted by Crippen LogP contribution is 2.29. The van der Waals surface area contributed by atoms with E-state index in [1.807, 2.05) is 29.6 Å². The van der Waals surface area contributed by atoms with Crippen molar-refractivity contribution in [3.8, 4) is 16.3 Å². The fourth-order valence-corrected chi connectivity index (χ4v) is 3.45. The fourth-order valence-electron chi connectivity index (χ4n) is 2.64. The van der Waals surface area contributed by atoms with Crippen LogP contribution >= 0.6 is 11.3 Å². The molecule has 1 heterocycles. The molecule has 0 aliphatic rings. The lowest BCUT2D eigenvalue weighted by molar-refractivity contribution is -0.384. The van der Waals surface area contributed by atoms with E-state index in [1.54, 1.807) is 26.1 Å². The molecule has 0 atom stereocenters. The monoisotopic (exact) mass is 413 g/mol. The van der Waals surface area contributed by atoms with E-state index < -0.39 is 10.9 Å². The number of thiazole rings is 1. The standard InChI is InChI=1S/C20H19N3O5S/c1-22(2)17-9-6-14(10-18(17)23(25)26)20(24)28-11-15-12-29-19(21-15)13-4-7-16(27-3)8-5-13/h4-10,12H,11H2,1-3H3. The number of benzene rings is 2. The lowest BCUT2D eigenvalue weighted by Crippen LogP contribution is -2.12. The van der Waals surface area contributed by atoms with Crippen molar-refractivity contribution in [2.75, 3.05) is 26.1 Å².